The van der Waals surface area contributed by atoms with Crippen molar-refractivity contribution in [3.63, 3.8) is 0 Å². The van der Waals surface area contributed by atoms with Gasteiger partial charge in [-0.3, -0.25) is 4.79 Å². The second-order valence-corrected chi connectivity index (χ2v) is 9.58. The first-order valence-corrected chi connectivity index (χ1v) is 13.0. The number of nitrogens with one attached hydrogen (secondary N) is 1. The van der Waals surface area contributed by atoms with Gasteiger partial charge < -0.3 is 19.5 Å². The third kappa shape index (κ3) is 6.33. The number of carbonyl (C=O) groups is 2. The monoisotopic (exact) mass is 547 g/mol. The fourth-order valence-electron chi connectivity index (χ4n) is 4.54. The predicted molar refractivity (Wildman–Crippen MR) is 158 cm³/mol. The van der Waals surface area contributed by atoms with E-state index in [-0.39, 0.29) is 5.56 Å². The molecule has 206 valence electrons. The summed E-state index contributed by atoms with van der Waals surface area (Å²) in [5.41, 5.74) is 7.13. The number of benzene rings is 4. The fourth-order valence-corrected chi connectivity index (χ4v) is 4.54. The van der Waals surface area contributed by atoms with E-state index in [1.807, 2.05) is 80.6 Å². The van der Waals surface area contributed by atoms with E-state index in [1.165, 1.54) is 0 Å². The molecule has 0 atom stereocenters. The highest BCUT2D eigenvalue weighted by molar-refractivity contribution is 5.98. The fraction of sp³-hybridized carbons (Fsp3) is 0.152. The largest absolute Gasteiger partial charge is 0.497 e. The summed E-state index contributed by atoms with van der Waals surface area (Å²) in [5, 5.41) is 2.77. The summed E-state index contributed by atoms with van der Waals surface area (Å²) in [6.07, 6.45) is 0. The van der Waals surface area contributed by atoms with Crippen LogP contribution in [-0.2, 0) is 9.53 Å². The van der Waals surface area contributed by atoms with Gasteiger partial charge in [-0.25, -0.2) is 14.8 Å². The highest BCUT2D eigenvalue weighted by Crippen LogP contribution is 2.33. The minimum absolute atomic E-state index is 0.267. The Hall–Kier alpha value is -5.24. The maximum Gasteiger partial charge on any atom is 0.338 e. The predicted octanol–water partition coefficient (Wildman–Crippen LogP) is 6.39. The van der Waals surface area contributed by atoms with Gasteiger partial charge in [0.15, 0.2) is 6.61 Å². The molecule has 0 spiro atoms. The van der Waals surface area contributed by atoms with E-state index >= 15 is 0 Å². The number of fused-ring (bicyclic) bond motifs is 1. The van der Waals surface area contributed by atoms with Gasteiger partial charge in [0.1, 0.15) is 11.5 Å². The number of esters is 1. The molecule has 0 unspecified atom stereocenters. The molecule has 8 nitrogen and oxygen atoms in total. The van der Waals surface area contributed by atoms with Crippen molar-refractivity contribution in [3.8, 4) is 34.0 Å². The molecule has 8 heteroatoms. The number of anilines is 1. The van der Waals surface area contributed by atoms with Crippen molar-refractivity contribution in [2.75, 3.05) is 26.1 Å². The average molecular weight is 548 g/mol. The van der Waals surface area contributed by atoms with Gasteiger partial charge in [0, 0.05) is 16.8 Å². The molecule has 0 aliphatic rings. The Morgan fingerprint density at radius 2 is 1.22 bits per heavy atom. The lowest BCUT2D eigenvalue weighted by atomic mass is 10.0. The van der Waals surface area contributed by atoms with Crippen LogP contribution in [0.25, 0.3) is 33.5 Å². The van der Waals surface area contributed by atoms with Gasteiger partial charge in [-0.1, -0.05) is 6.07 Å². The third-order valence-corrected chi connectivity index (χ3v) is 6.47. The SMILES string of the molecule is COc1ccc(-c2nc3ccc(C(=O)OCC(=O)Nc4cc(C)cc(C)c4)cc3nc2-c2ccc(OC)cc2)cc1. The molecule has 0 aliphatic heterocycles. The average Bonchev–Trinajstić information content (AvgIpc) is 2.98. The van der Waals surface area contributed by atoms with Gasteiger partial charge in [-0.05, 0) is 104 Å². The molecule has 41 heavy (non-hydrogen) atoms. The molecule has 0 saturated carbocycles. The molecule has 5 rings (SSSR count). The molecule has 0 radical (unpaired) electrons. The van der Waals surface area contributed by atoms with Gasteiger partial charge >= 0.3 is 5.97 Å². The van der Waals surface area contributed by atoms with E-state index in [2.05, 4.69) is 5.32 Å². The van der Waals surface area contributed by atoms with Crippen molar-refractivity contribution in [1.82, 2.24) is 9.97 Å². The van der Waals surface area contributed by atoms with Crippen LogP contribution in [0.2, 0.25) is 0 Å². The molecular formula is C33H29N3O5. The first-order chi connectivity index (χ1) is 19.8. The second kappa shape index (κ2) is 11.9. The van der Waals surface area contributed by atoms with Gasteiger partial charge in [0.2, 0.25) is 0 Å². The van der Waals surface area contributed by atoms with E-state index < -0.39 is 18.5 Å². The lowest BCUT2D eigenvalue weighted by Crippen LogP contribution is -2.21. The molecule has 0 bridgehead atoms. The van der Waals surface area contributed by atoms with E-state index in [0.717, 1.165) is 33.8 Å². The summed E-state index contributed by atoms with van der Waals surface area (Å²) in [6, 6.07) is 25.8. The molecule has 0 aliphatic carbocycles. The number of aryl methyl sites for hydroxylation is 2. The van der Waals surface area contributed by atoms with Gasteiger partial charge in [-0.2, -0.15) is 0 Å². The molecule has 1 heterocycles. The zero-order valence-corrected chi connectivity index (χ0v) is 23.2. The molecular weight excluding hydrogens is 518 g/mol. The molecule has 1 aromatic heterocycles. The number of nitrogens with zero attached hydrogens (tertiary/aromatic N) is 2. The quantitative estimate of drug-likeness (QED) is 0.225. The number of aromatic nitrogens is 2. The van der Waals surface area contributed by atoms with Crippen molar-refractivity contribution in [2.45, 2.75) is 13.8 Å². The lowest BCUT2D eigenvalue weighted by molar-refractivity contribution is -0.119. The van der Waals surface area contributed by atoms with Crippen LogP contribution in [0.3, 0.4) is 0 Å². The summed E-state index contributed by atoms with van der Waals surface area (Å²) >= 11 is 0. The Kier molecular flexibility index (Phi) is 7.92. The van der Waals surface area contributed by atoms with E-state index in [1.54, 1.807) is 32.4 Å². The van der Waals surface area contributed by atoms with Crippen LogP contribution in [0.4, 0.5) is 5.69 Å². The van der Waals surface area contributed by atoms with Crippen molar-refractivity contribution in [3.05, 3.63) is 102 Å². The molecule has 5 aromatic rings. The van der Waals surface area contributed by atoms with Crippen LogP contribution < -0.4 is 14.8 Å². The summed E-state index contributed by atoms with van der Waals surface area (Å²) in [5.74, 6) is 0.406. The van der Waals surface area contributed by atoms with Crippen LogP contribution >= 0.6 is 0 Å². The van der Waals surface area contributed by atoms with Crippen LogP contribution in [0, 0.1) is 13.8 Å². The Balaban J connectivity index is 1.42. The number of methoxy groups -OCH3 is 2. The van der Waals surface area contributed by atoms with Crippen molar-refractivity contribution in [2.24, 2.45) is 0 Å². The Morgan fingerprint density at radius 1 is 0.683 bits per heavy atom. The van der Waals surface area contributed by atoms with E-state index in [0.29, 0.717) is 28.1 Å². The normalized spacial score (nSPS) is 10.7. The Morgan fingerprint density at radius 3 is 1.76 bits per heavy atom. The van der Waals surface area contributed by atoms with E-state index in [4.69, 9.17) is 24.2 Å². The maximum absolute atomic E-state index is 12.9. The topological polar surface area (TPSA) is 99.6 Å². The first kappa shape index (κ1) is 27.3. The maximum atomic E-state index is 12.9. The highest BCUT2D eigenvalue weighted by atomic mass is 16.5. The van der Waals surface area contributed by atoms with Gasteiger partial charge in [0.05, 0.1) is 42.2 Å². The summed E-state index contributed by atoms with van der Waals surface area (Å²) in [6.45, 7) is 3.49. The van der Waals surface area contributed by atoms with Gasteiger partial charge in [-0.15, -0.1) is 0 Å². The number of ether oxygens (including phenoxy) is 3. The van der Waals surface area contributed by atoms with E-state index in [9.17, 15) is 9.59 Å². The molecule has 4 aromatic carbocycles. The minimum atomic E-state index is -0.630. The number of carbonyl (C=O) groups excluding carboxylic acids is 2. The molecule has 0 fully saturated rings. The number of amides is 1. The summed E-state index contributed by atoms with van der Waals surface area (Å²) < 4.78 is 15.9. The zero-order chi connectivity index (χ0) is 28.9. The number of hydrogen-bond donors (Lipinski definition) is 1. The van der Waals surface area contributed by atoms with Crippen molar-refractivity contribution < 1.29 is 23.8 Å². The third-order valence-electron chi connectivity index (χ3n) is 6.47. The number of rotatable bonds is 8. The molecule has 1 amide bonds. The van der Waals surface area contributed by atoms with Crippen LogP contribution in [0.15, 0.2) is 84.9 Å². The Bertz CT molecular complexity index is 1710. The van der Waals surface area contributed by atoms with Crippen LogP contribution in [-0.4, -0.2) is 42.7 Å². The molecule has 1 N–H and O–H groups in total. The van der Waals surface area contributed by atoms with Crippen LogP contribution in [0.5, 0.6) is 11.5 Å². The Labute approximate surface area is 237 Å². The van der Waals surface area contributed by atoms with Crippen molar-refractivity contribution >= 4 is 28.6 Å². The summed E-state index contributed by atoms with van der Waals surface area (Å²) in [7, 11) is 3.23. The van der Waals surface area contributed by atoms with Crippen molar-refractivity contribution in [1.29, 1.82) is 0 Å². The van der Waals surface area contributed by atoms with Crippen LogP contribution in [0.1, 0.15) is 21.5 Å². The summed E-state index contributed by atoms with van der Waals surface area (Å²) in [4.78, 5) is 35.1. The van der Waals surface area contributed by atoms with Gasteiger partial charge in [0.25, 0.3) is 5.91 Å². The second-order valence-electron chi connectivity index (χ2n) is 9.58. The highest BCUT2D eigenvalue weighted by Gasteiger charge is 2.17. The smallest absolute Gasteiger partial charge is 0.338 e. The minimum Gasteiger partial charge on any atom is -0.497 e. The standard InChI is InChI=1S/C33H29N3O5/c1-20-15-21(2)17-25(16-20)34-30(37)19-41-33(38)24-9-14-28-29(18-24)36-32(23-7-12-27(40-4)13-8-23)31(35-28)22-5-10-26(39-3)11-6-22/h5-18H,19H2,1-4H3,(H,34,37). The zero-order valence-electron chi connectivity index (χ0n) is 23.2. The molecule has 0 saturated heterocycles. The first-order valence-electron chi connectivity index (χ1n) is 13.0. The number of hydrogen-bond acceptors (Lipinski definition) is 7. The lowest BCUT2D eigenvalue weighted by Gasteiger charge is -2.12.